The van der Waals surface area contributed by atoms with Crippen LogP contribution in [0.25, 0.3) is 10.9 Å². The number of hydrogen-bond donors (Lipinski definition) is 1. The molecule has 24 heavy (non-hydrogen) atoms. The largest absolute Gasteiger partial charge is 0.417 e. The van der Waals surface area contributed by atoms with Crippen molar-refractivity contribution in [2.24, 2.45) is 0 Å². The lowest BCUT2D eigenvalue weighted by atomic mass is 10.1. The second-order valence-electron chi connectivity index (χ2n) is 5.00. The van der Waals surface area contributed by atoms with Crippen LogP contribution in [0.2, 0.25) is 0 Å². The Morgan fingerprint density at radius 1 is 1.04 bits per heavy atom. The summed E-state index contributed by atoms with van der Waals surface area (Å²) in [5.41, 5.74) is -0.297. The van der Waals surface area contributed by atoms with Gasteiger partial charge >= 0.3 is 6.18 Å². The third kappa shape index (κ3) is 3.12. The third-order valence-electron chi connectivity index (χ3n) is 3.37. The van der Waals surface area contributed by atoms with Gasteiger partial charge in [0.2, 0.25) is 0 Å². The average molecular weight is 333 g/mol. The molecule has 0 unspecified atom stereocenters. The van der Waals surface area contributed by atoms with Crippen molar-refractivity contribution < 1.29 is 18.1 Å². The molecule has 0 atom stereocenters. The van der Waals surface area contributed by atoms with E-state index in [1.807, 2.05) is 0 Å². The molecule has 0 aliphatic heterocycles. The number of nitro groups is 1. The summed E-state index contributed by atoms with van der Waals surface area (Å²) in [4.78, 5) is 14.2. The highest BCUT2D eigenvalue weighted by Gasteiger charge is 2.33. The van der Waals surface area contributed by atoms with Gasteiger partial charge in [-0.25, -0.2) is 4.98 Å². The Morgan fingerprint density at radius 2 is 1.71 bits per heavy atom. The molecule has 0 saturated heterocycles. The summed E-state index contributed by atoms with van der Waals surface area (Å²) in [7, 11) is 0. The van der Waals surface area contributed by atoms with E-state index in [-0.39, 0.29) is 22.4 Å². The number of nitrogens with zero attached hydrogens (tertiary/aromatic N) is 2. The van der Waals surface area contributed by atoms with E-state index < -0.39 is 16.7 Å². The van der Waals surface area contributed by atoms with Gasteiger partial charge in [0.1, 0.15) is 5.82 Å². The molecule has 3 rings (SSSR count). The number of anilines is 2. The Labute approximate surface area is 133 Å². The standard InChI is InChI=1S/C16H10F3N3O2/c17-16(18,19)13-9-15(21-14-4-2-1-3-12(13)14)20-10-5-7-11(8-6-10)22(23)24/h1-9H,(H,20,21). The van der Waals surface area contributed by atoms with Crippen LogP contribution in [0.4, 0.5) is 30.4 Å². The Kier molecular flexibility index (Phi) is 3.80. The van der Waals surface area contributed by atoms with Crippen LogP contribution in [0.15, 0.2) is 54.6 Å². The fourth-order valence-electron chi connectivity index (χ4n) is 2.29. The molecule has 8 heteroatoms. The summed E-state index contributed by atoms with van der Waals surface area (Å²) >= 11 is 0. The molecule has 0 aliphatic carbocycles. The van der Waals surface area contributed by atoms with Crippen LogP contribution < -0.4 is 5.32 Å². The van der Waals surface area contributed by atoms with E-state index in [4.69, 9.17) is 0 Å². The summed E-state index contributed by atoms with van der Waals surface area (Å²) in [6.45, 7) is 0. The molecular formula is C16H10F3N3O2. The minimum Gasteiger partial charge on any atom is -0.340 e. The number of halogens is 3. The van der Waals surface area contributed by atoms with Crippen LogP contribution in [0.5, 0.6) is 0 Å². The van der Waals surface area contributed by atoms with Crippen molar-refractivity contribution in [2.75, 3.05) is 5.32 Å². The van der Waals surface area contributed by atoms with Crippen LogP contribution in [0, 0.1) is 10.1 Å². The number of benzene rings is 2. The maximum absolute atomic E-state index is 13.2. The quantitative estimate of drug-likeness (QED) is 0.546. The molecular weight excluding hydrogens is 323 g/mol. The Bertz CT molecular complexity index is 909. The summed E-state index contributed by atoms with van der Waals surface area (Å²) in [6.07, 6.45) is -4.52. The van der Waals surface area contributed by atoms with Crippen molar-refractivity contribution in [3.8, 4) is 0 Å². The topological polar surface area (TPSA) is 68.1 Å². The first-order valence-corrected chi connectivity index (χ1v) is 6.83. The Hall–Kier alpha value is -3.16. The zero-order valence-electron chi connectivity index (χ0n) is 12.0. The normalized spacial score (nSPS) is 11.5. The molecule has 3 aromatic rings. The van der Waals surface area contributed by atoms with Gasteiger partial charge in [0.15, 0.2) is 0 Å². The van der Waals surface area contributed by atoms with Crippen molar-refractivity contribution in [3.63, 3.8) is 0 Å². The molecule has 0 aliphatic rings. The lowest BCUT2D eigenvalue weighted by Crippen LogP contribution is -2.08. The van der Waals surface area contributed by atoms with Crippen molar-refractivity contribution in [1.82, 2.24) is 4.98 Å². The lowest BCUT2D eigenvalue weighted by molar-refractivity contribution is -0.384. The number of aromatic nitrogens is 1. The lowest BCUT2D eigenvalue weighted by Gasteiger charge is -2.13. The van der Waals surface area contributed by atoms with Crippen LogP contribution in [-0.2, 0) is 6.18 Å². The van der Waals surface area contributed by atoms with Crippen LogP contribution in [0.1, 0.15) is 5.56 Å². The fraction of sp³-hybridized carbons (Fsp3) is 0.0625. The van der Waals surface area contributed by atoms with E-state index in [2.05, 4.69) is 10.3 Å². The predicted octanol–water partition coefficient (Wildman–Crippen LogP) is 4.91. The number of nitro benzene ring substituents is 1. The van der Waals surface area contributed by atoms with Crippen LogP contribution >= 0.6 is 0 Å². The van der Waals surface area contributed by atoms with Crippen LogP contribution in [-0.4, -0.2) is 9.91 Å². The molecule has 0 fully saturated rings. The smallest absolute Gasteiger partial charge is 0.340 e. The monoisotopic (exact) mass is 333 g/mol. The van der Waals surface area contributed by atoms with Gasteiger partial charge < -0.3 is 5.32 Å². The first-order chi connectivity index (χ1) is 11.3. The first kappa shape index (κ1) is 15.7. The maximum atomic E-state index is 13.2. The second kappa shape index (κ2) is 5.80. The van der Waals surface area contributed by atoms with Gasteiger partial charge in [-0.3, -0.25) is 10.1 Å². The number of para-hydroxylation sites is 1. The van der Waals surface area contributed by atoms with Crippen LogP contribution in [0.3, 0.4) is 0 Å². The van der Waals surface area contributed by atoms with Gasteiger partial charge in [0.25, 0.3) is 5.69 Å². The number of non-ortho nitro benzene ring substituents is 1. The minimum atomic E-state index is -4.52. The molecule has 122 valence electrons. The van der Waals surface area contributed by atoms with E-state index in [1.165, 1.54) is 42.5 Å². The van der Waals surface area contributed by atoms with Crippen molar-refractivity contribution in [3.05, 3.63) is 70.3 Å². The molecule has 0 radical (unpaired) electrons. The second-order valence-corrected chi connectivity index (χ2v) is 5.00. The van der Waals surface area contributed by atoms with Gasteiger partial charge in [0, 0.05) is 23.2 Å². The van der Waals surface area contributed by atoms with E-state index in [0.717, 1.165) is 6.07 Å². The minimum absolute atomic E-state index is 0.00915. The summed E-state index contributed by atoms with van der Waals surface area (Å²) in [5.74, 6) is 0.00915. The summed E-state index contributed by atoms with van der Waals surface area (Å²) < 4.78 is 39.7. The van der Waals surface area contributed by atoms with Crippen molar-refractivity contribution in [1.29, 1.82) is 0 Å². The third-order valence-corrected chi connectivity index (χ3v) is 3.37. The highest BCUT2D eigenvalue weighted by Crippen LogP contribution is 2.36. The van der Waals surface area contributed by atoms with Gasteiger partial charge in [-0.2, -0.15) is 13.2 Å². The number of rotatable bonds is 3. The molecule has 0 bridgehead atoms. The summed E-state index contributed by atoms with van der Waals surface area (Å²) in [5, 5.41) is 13.4. The van der Waals surface area contributed by atoms with Crippen molar-refractivity contribution >= 4 is 28.1 Å². The predicted molar refractivity (Wildman–Crippen MR) is 83.1 cm³/mol. The van der Waals surface area contributed by atoms with Gasteiger partial charge in [0.05, 0.1) is 16.0 Å². The number of nitrogens with one attached hydrogen (secondary N) is 1. The van der Waals surface area contributed by atoms with Gasteiger partial charge in [-0.15, -0.1) is 0 Å². The highest BCUT2D eigenvalue weighted by atomic mass is 19.4. The molecule has 0 saturated carbocycles. The van der Waals surface area contributed by atoms with E-state index in [9.17, 15) is 23.3 Å². The Balaban J connectivity index is 2.02. The molecule has 5 nitrogen and oxygen atoms in total. The molecule has 2 aromatic carbocycles. The molecule has 1 heterocycles. The number of fused-ring (bicyclic) bond motifs is 1. The summed E-state index contributed by atoms with van der Waals surface area (Å²) in [6, 6.07) is 12.2. The number of pyridine rings is 1. The van der Waals surface area contributed by atoms with Gasteiger partial charge in [-0.1, -0.05) is 18.2 Å². The molecule has 0 spiro atoms. The van der Waals surface area contributed by atoms with E-state index in [0.29, 0.717) is 5.69 Å². The zero-order valence-corrected chi connectivity index (χ0v) is 12.0. The number of alkyl halides is 3. The van der Waals surface area contributed by atoms with E-state index >= 15 is 0 Å². The fourth-order valence-corrected chi connectivity index (χ4v) is 2.29. The number of hydrogen-bond acceptors (Lipinski definition) is 4. The first-order valence-electron chi connectivity index (χ1n) is 6.83. The molecule has 1 N–H and O–H groups in total. The molecule has 1 aromatic heterocycles. The SMILES string of the molecule is O=[N+]([O-])c1ccc(Nc2cc(C(F)(F)F)c3ccccc3n2)cc1. The molecule has 0 amide bonds. The average Bonchev–Trinajstić information content (AvgIpc) is 2.53. The zero-order chi connectivity index (χ0) is 17.3. The van der Waals surface area contributed by atoms with Crippen molar-refractivity contribution in [2.45, 2.75) is 6.18 Å². The maximum Gasteiger partial charge on any atom is 0.417 e. The van der Waals surface area contributed by atoms with E-state index in [1.54, 1.807) is 6.07 Å². The Morgan fingerprint density at radius 3 is 2.33 bits per heavy atom. The van der Waals surface area contributed by atoms with Gasteiger partial charge in [-0.05, 0) is 24.3 Å². The highest BCUT2D eigenvalue weighted by molar-refractivity contribution is 5.85.